The first-order chi connectivity index (χ1) is 5.83. The highest BCUT2D eigenvalue weighted by atomic mass is 15.1. The van der Waals surface area contributed by atoms with E-state index in [4.69, 9.17) is 0 Å². The number of nitrogens with one attached hydrogen (secondary N) is 1. The SMILES string of the molecule is CNCCCN1CC=C(C)CC1. The fraction of sp³-hybridized carbons (Fsp3) is 0.800. The Morgan fingerprint density at radius 2 is 2.42 bits per heavy atom. The van der Waals surface area contributed by atoms with Crippen molar-refractivity contribution < 1.29 is 0 Å². The molecule has 0 aromatic carbocycles. The highest BCUT2D eigenvalue weighted by Crippen LogP contribution is 2.08. The number of hydrogen-bond acceptors (Lipinski definition) is 2. The molecule has 0 saturated carbocycles. The predicted molar refractivity (Wildman–Crippen MR) is 53.4 cm³/mol. The molecule has 2 nitrogen and oxygen atoms in total. The molecule has 1 aliphatic rings. The summed E-state index contributed by atoms with van der Waals surface area (Å²) in [6.07, 6.45) is 4.88. The van der Waals surface area contributed by atoms with Gasteiger partial charge in [-0.15, -0.1) is 0 Å². The predicted octanol–water partition coefficient (Wildman–Crippen LogP) is 1.25. The maximum Gasteiger partial charge on any atom is 0.0165 e. The maximum absolute atomic E-state index is 3.17. The normalized spacial score (nSPS) is 19.3. The van der Waals surface area contributed by atoms with E-state index >= 15 is 0 Å². The van der Waals surface area contributed by atoms with Crippen molar-refractivity contribution in [1.82, 2.24) is 10.2 Å². The second kappa shape index (κ2) is 5.33. The van der Waals surface area contributed by atoms with Crippen molar-refractivity contribution in [3.63, 3.8) is 0 Å². The van der Waals surface area contributed by atoms with E-state index in [-0.39, 0.29) is 0 Å². The van der Waals surface area contributed by atoms with Crippen LogP contribution in [0.5, 0.6) is 0 Å². The van der Waals surface area contributed by atoms with Crippen molar-refractivity contribution >= 4 is 0 Å². The van der Waals surface area contributed by atoms with Crippen LogP contribution in [0.15, 0.2) is 11.6 Å². The van der Waals surface area contributed by atoms with Crippen LogP contribution in [0.4, 0.5) is 0 Å². The van der Waals surface area contributed by atoms with E-state index in [0.717, 1.165) is 13.1 Å². The first kappa shape index (κ1) is 9.75. The molecule has 0 atom stereocenters. The van der Waals surface area contributed by atoms with Crippen molar-refractivity contribution in [2.75, 3.05) is 33.2 Å². The van der Waals surface area contributed by atoms with E-state index in [2.05, 4.69) is 23.2 Å². The van der Waals surface area contributed by atoms with Gasteiger partial charge in [0.15, 0.2) is 0 Å². The third-order valence-electron chi connectivity index (χ3n) is 2.42. The highest BCUT2D eigenvalue weighted by molar-refractivity contribution is 5.03. The van der Waals surface area contributed by atoms with Crippen molar-refractivity contribution in [2.45, 2.75) is 19.8 Å². The van der Waals surface area contributed by atoms with Gasteiger partial charge in [0.2, 0.25) is 0 Å². The average molecular weight is 168 g/mol. The lowest BCUT2D eigenvalue weighted by Gasteiger charge is -2.24. The Kier molecular flexibility index (Phi) is 4.33. The molecule has 2 heteroatoms. The quantitative estimate of drug-likeness (QED) is 0.502. The summed E-state index contributed by atoms with van der Waals surface area (Å²) in [5.74, 6) is 0. The van der Waals surface area contributed by atoms with Crippen molar-refractivity contribution in [3.8, 4) is 0 Å². The van der Waals surface area contributed by atoms with Gasteiger partial charge in [0.25, 0.3) is 0 Å². The second-order valence-electron chi connectivity index (χ2n) is 3.56. The zero-order valence-electron chi connectivity index (χ0n) is 8.27. The van der Waals surface area contributed by atoms with Crippen molar-refractivity contribution in [1.29, 1.82) is 0 Å². The summed E-state index contributed by atoms with van der Waals surface area (Å²) in [6, 6.07) is 0. The third kappa shape index (κ3) is 3.37. The molecule has 1 heterocycles. The van der Waals surface area contributed by atoms with Gasteiger partial charge in [-0.05, 0) is 39.9 Å². The summed E-state index contributed by atoms with van der Waals surface area (Å²) in [5, 5.41) is 3.17. The summed E-state index contributed by atoms with van der Waals surface area (Å²) in [6.45, 7) is 7.02. The van der Waals surface area contributed by atoms with Crippen LogP contribution in [0, 0.1) is 0 Å². The molecule has 12 heavy (non-hydrogen) atoms. The third-order valence-corrected chi connectivity index (χ3v) is 2.42. The van der Waals surface area contributed by atoms with Gasteiger partial charge in [-0.1, -0.05) is 11.6 Å². The molecular formula is C10H20N2. The molecule has 0 unspecified atom stereocenters. The van der Waals surface area contributed by atoms with Crippen LogP contribution in [0.1, 0.15) is 19.8 Å². The zero-order chi connectivity index (χ0) is 8.81. The molecule has 1 N–H and O–H groups in total. The standard InChI is InChI=1S/C10H20N2/c1-10-4-8-12(9-5-10)7-3-6-11-2/h4,11H,3,5-9H2,1-2H3. The Balaban J connectivity index is 2.10. The molecule has 0 radical (unpaired) electrons. The maximum atomic E-state index is 3.17. The minimum atomic E-state index is 1.14. The molecule has 70 valence electrons. The smallest absolute Gasteiger partial charge is 0.0165 e. The van der Waals surface area contributed by atoms with Crippen LogP contribution in [-0.2, 0) is 0 Å². The summed E-state index contributed by atoms with van der Waals surface area (Å²) in [7, 11) is 2.01. The van der Waals surface area contributed by atoms with Gasteiger partial charge < -0.3 is 5.32 Å². The molecule has 1 rings (SSSR count). The van der Waals surface area contributed by atoms with E-state index in [9.17, 15) is 0 Å². The molecule has 0 spiro atoms. The Morgan fingerprint density at radius 1 is 1.58 bits per heavy atom. The van der Waals surface area contributed by atoms with Crippen molar-refractivity contribution in [2.24, 2.45) is 0 Å². The lowest BCUT2D eigenvalue weighted by Crippen LogP contribution is -2.30. The van der Waals surface area contributed by atoms with Crippen LogP contribution < -0.4 is 5.32 Å². The van der Waals surface area contributed by atoms with E-state index < -0.39 is 0 Å². The first-order valence-electron chi connectivity index (χ1n) is 4.85. The number of nitrogens with zero attached hydrogens (tertiary/aromatic N) is 1. The first-order valence-corrected chi connectivity index (χ1v) is 4.85. The summed E-state index contributed by atoms with van der Waals surface area (Å²) >= 11 is 0. The lowest BCUT2D eigenvalue weighted by atomic mass is 10.1. The van der Waals surface area contributed by atoms with Gasteiger partial charge >= 0.3 is 0 Å². The summed E-state index contributed by atoms with van der Waals surface area (Å²) < 4.78 is 0. The molecule has 0 aromatic heterocycles. The number of hydrogen-bond donors (Lipinski definition) is 1. The van der Waals surface area contributed by atoms with E-state index in [1.54, 1.807) is 5.57 Å². The Morgan fingerprint density at radius 3 is 3.00 bits per heavy atom. The monoisotopic (exact) mass is 168 g/mol. The molecule has 0 saturated heterocycles. The fourth-order valence-electron chi connectivity index (χ4n) is 1.50. The van der Waals surface area contributed by atoms with Gasteiger partial charge in [-0.25, -0.2) is 0 Å². The average Bonchev–Trinajstić information content (AvgIpc) is 2.09. The van der Waals surface area contributed by atoms with Crippen LogP contribution >= 0.6 is 0 Å². The lowest BCUT2D eigenvalue weighted by molar-refractivity contribution is 0.290. The molecular weight excluding hydrogens is 148 g/mol. The second-order valence-corrected chi connectivity index (χ2v) is 3.56. The molecule has 1 aliphatic heterocycles. The molecule has 0 amide bonds. The highest BCUT2D eigenvalue weighted by Gasteiger charge is 2.07. The Hall–Kier alpha value is -0.340. The van der Waals surface area contributed by atoms with E-state index in [1.807, 2.05) is 7.05 Å². The van der Waals surface area contributed by atoms with Gasteiger partial charge in [0, 0.05) is 13.1 Å². The van der Waals surface area contributed by atoms with E-state index in [1.165, 1.54) is 25.9 Å². The van der Waals surface area contributed by atoms with Gasteiger partial charge in [0.05, 0.1) is 0 Å². The minimum Gasteiger partial charge on any atom is -0.320 e. The topological polar surface area (TPSA) is 15.3 Å². The minimum absolute atomic E-state index is 1.14. The summed E-state index contributed by atoms with van der Waals surface area (Å²) in [4.78, 5) is 2.52. The Labute approximate surface area is 75.6 Å². The largest absolute Gasteiger partial charge is 0.320 e. The molecule has 0 aliphatic carbocycles. The van der Waals surface area contributed by atoms with Crippen LogP contribution in [-0.4, -0.2) is 38.1 Å². The zero-order valence-corrected chi connectivity index (χ0v) is 8.27. The Bertz CT molecular complexity index is 152. The van der Waals surface area contributed by atoms with Gasteiger partial charge in [0.1, 0.15) is 0 Å². The van der Waals surface area contributed by atoms with Gasteiger partial charge in [-0.2, -0.15) is 0 Å². The fourth-order valence-corrected chi connectivity index (χ4v) is 1.50. The molecule has 0 bridgehead atoms. The number of rotatable bonds is 4. The summed E-state index contributed by atoms with van der Waals surface area (Å²) in [5.41, 5.74) is 1.56. The molecule has 0 fully saturated rings. The van der Waals surface area contributed by atoms with E-state index in [0.29, 0.717) is 0 Å². The van der Waals surface area contributed by atoms with Crippen LogP contribution in [0.25, 0.3) is 0 Å². The van der Waals surface area contributed by atoms with Crippen LogP contribution in [0.3, 0.4) is 0 Å². The van der Waals surface area contributed by atoms with Crippen molar-refractivity contribution in [3.05, 3.63) is 11.6 Å². The molecule has 0 aromatic rings. The van der Waals surface area contributed by atoms with Gasteiger partial charge in [-0.3, -0.25) is 4.90 Å². The van der Waals surface area contributed by atoms with Crippen LogP contribution in [0.2, 0.25) is 0 Å².